The van der Waals surface area contributed by atoms with Crippen LogP contribution in [-0.2, 0) is 9.53 Å². The molecule has 0 aliphatic carbocycles. The first-order valence-corrected chi connectivity index (χ1v) is 12.9. The summed E-state index contributed by atoms with van der Waals surface area (Å²) in [5.74, 6) is -0.103. The largest absolute Gasteiger partial charge is 0.448 e. The van der Waals surface area contributed by atoms with Gasteiger partial charge >= 0.3 is 5.97 Å². The van der Waals surface area contributed by atoms with Gasteiger partial charge < -0.3 is 8.97 Å². The van der Waals surface area contributed by atoms with Gasteiger partial charge in [-0.15, -0.1) is 0 Å². The highest BCUT2D eigenvalue weighted by Gasteiger charge is 2.39. The first-order valence-electron chi connectivity index (χ1n) is 5.99. The summed E-state index contributed by atoms with van der Waals surface area (Å²) in [6.07, 6.45) is 0.376. The molecule has 0 saturated carbocycles. The van der Waals surface area contributed by atoms with Crippen molar-refractivity contribution in [1.82, 2.24) is 4.23 Å². The molecule has 0 heterocycles. The Kier molecular flexibility index (Phi) is 5.42. The molecule has 96 valence electrons. The molecule has 0 amide bonds. The Labute approximate surface area is 102 Å². The second-order valence-corrected chi connectivity index (χ2v) is 16.2. The van der Waals surface area contributed by atoms with E-state index in [4.69, 9.17) is 4.74 Å². The minimum absolute atomic E-state index is 0.0780. The topological polar surface area (TPSA) is 29.5 Å². The Morgan fingerprint density at radius 3 is 1.75 bits per heavy atom. The van der Waals surface area contributed by atoms with Gasteiger partial charge in [0.1, 0.15) is 22.7 Å². The average Bonchev–Trinajstić information content (AvgIpc) is 1.97. The molecule has 0 rings (SSSR count). The van der Waals surface area contributed by atoms with E-state index in [0.717, 1.165) is 0 Å². The van der Waals surface area contributed by atoms with E-state index >= 15 is 0 Å². The fourth-order valence-corrected chi connectivity index (χ4v) is 12.8. The summed E-state index contributed by atoms with van der Waals surface area (Å²) in [6.45, 7) is 17.7. The van der Waals surface area contributed by atoms with Crippen molar-refractivity contribution in [3.63, 3.8) is 0 Å². The van der Waals surface area contributed by atoms with Crippen LogP contribution in [0.15, 0.2) is 0 Å². The number of ether oxygens (including phenoxy) is 1. The highest BCUT2D eigenvalue weighted by Crippen LogP contribution is 2.23. The Morgan fingerprint density at radius 1 is 1.12 bits per heavy atom. The quantitative estimate of drug-likeness (QED) is 0.432. The molecule has 0 saturated heterocycles. The highest BCUT2D eigenvalue weighted by atomic mass is 28.4. The van der Waals surface area contributed by atoms with Crippen LogP contribution in [0.4, 0.5) is 0 Å². The lowest BCUT2D eigenvalue weighted by molar-refractivity contribution is -0.151. The maximum Gasteiger partial charge on any atom is 0.307 e. The zero-order valence-electron chi connectivity index (χ0n) is 12.0. The molecule has 0 aromatic rings. The number of nitrogens with zero attached hydrogens (tertiary/aromatic N) is 1. The van der Waals surface area contributed by atoms with E-state index in [1.54, 1.807) is 0 Å². The molecule has 5 heteroatoms. The minimum atomic E-state index is -1.45. The van der Waals surface area contributed by atoms with Gasteiger partial charge in [0.25, 0.3) is 0 Å². The summed E-state index contributed by atoms with van der Waals surface area (Å²) in [4.78, 5) is 11.4. The van der Waals surface area contributed by atoms with Crippen LogP contribution in [0.5, 0.6) is 0 Å². The van der Waals surface area contributed by atoms with Gasteiger partial charge in [-0.05, 0) is 6.92 Å². The van der Waals surface area contributed by atoms with Crippen molar-refractivity contribution < 1.29 is 9.53 Å². The second kappa shape index (κ2) is 5.47. The average molecular weight is 262 g/mol. The Morgan fingerprint density at radius 2 is 1.50 bits per heavy atom. The van der Waals surface area contributed by atoms with E-state index in [1.165, 1.54) is 0 Å². The Bertz CT molecular complexity index is 229. The molecule has 1 unspecified atom stereocenters. The van der Waals surface area contributed by atoms with Crippen LogP contribution in [0.2, 0.25) is 39.3 Å². The molecule has 0 fully saturated rings. The SMILES string of the molecule is CCC(=O)OC(C)N([Si](C)(C)C)[Si](C)(C)C. The van der Waals surface area contributed by atoms with Crippen LogP contribution >= 0.6 is 0 Å². The third-order valence-electron chi connectivity index (χ3n) is 2.40. The Balaban J connectivity index is 4.86. The van der Waals surface area contributed by atoms with Crippen molar-refractivity contribution in [3.05, 3.63) is 0 Å². The molecule has 0 radical (unpaired) electrons. The summed E-state index contributed by atoms with van der Waals surface area (Å²) in [6, 6.07) is 0. The first-order chi connectivity index (χ1) is 7.00. The van der Waals surface area contributed by atoms with Crippen LogP contribution in [0.25, 0.3) is 0 Å². The zero-order valence-corrected chi connectivity index (χ0v) is 14.0. The third-order valence-corrected chi connectivity index (χ3v) is 10.0. The normalized spacial score (nSPS) is 15.1. The fourth-order valence-electron chi connectivity index (χ4n) is 2.42. The zero-order chi connectivity index (χ0) is 13.1. The molecular formula is C11H27NO2Si2. The molecule has 0 bridgehead atoms. The number of rotatable bonds is 5. The highest BCUT2D eigenvalue weighted by molar-refractivity contribution is 6.89. The monoisotopic (exact) mass is 261 g/mol. The van der Waals surface area contributed by atoms with Gasteiger partial charge in [-0.1, -0.05) is 46.2 Å². The minimum Gasteiger partial charge on any atom is -0.448 e. The van der Waals surface area contributed by atoms with Crippen molar-refractivity contribution in [1.29, 1.82) is 0 Å². The van der Waals surface area contributed by atoms with Crippen LogP contribution in [0.1, 0.15) is 20.3 Å². The molecule has 0 spiro atoms. The predicted molar refractivity (Wildman–Crippen MR) is 74.4 cm³/mol. The molecule has 1 atom stereocenters. The van der Waals surface area contributed by atoms with Crippen molar-refractivity contribution in [2.24, 2.45) is 0 Å². The van der Waals surface area contributed by atoms with Gasteiger partial charge in [0.15, 0.2) is 0 Å². The number of hydrogen-bond acceptors (Lipinski definition) is 3. The molecular weight excluding hydrogens is 234 g/mol. The van der Waals surface area contributed by atoms with Gasteiger partial charge in [-0.3, -0.25) is 4.79 Å². The van der Waals surface area contributed by atoms with Gasteiger partial charge in [0.05, 0.1) is 0 Å². The van der Waals surface area contributed by atoms with Crippen LogP contribution < -0.4 is 0 Å². The summed E-state index contributed by atoms with van der Waals surface area (Å²) in [7, 11) is -2.89. The van der Waals surface area contributed by atoms with Crippen molar-refractivity contribution in [2.45, 2.75) is 65.8 Å². The second-order valence-electron chi connectivity index (χ2n) is 6.15. The van der Waals surface area contributed by atoms with Crippen LogP contribution in [0, 0.1) is 0 Å². The molecule has 0 aliphatic heterocycles. The first kappa shape index (κ1) is 15.9. The van der Waals surface area contributed by atoms with Crippen molar-refractivity contribution in [3.8, 4) is 0 Å². The van der Waals surface area contributed by atoms with Crippen molar-refractivity contribution >= 4 is 22.4 Å². The molecule has 0 aromatic carbocycles. The summed E-state index contributed by atoms with van der Waals surface area (Å²) < 4.78 is 7.96. The summed E-state index contributed by atoms with van der Waals surface area (Å²) in [5, 5.41) is 0. The molecule has 0 aromatic heterocycles. The molecule has 0 aliphatic rings. The van der Waals surface area contributed by atoms with Gasteiger partial charge in [-0.25, -0.2) is 0 Å². The van der Waals surface area contributed by atoms with E-state index in [2.05, 4.69) is 43.5 Å². The van der Waals surface area contributed by atoms with E-state index in [-0.39, 0.29) is 12.2 Å². The number of esters is 1. The van der Waals surface area contributed by atoms with Gasteiger partial charge in [0, 0.05) is 6.42 Å². The van der Waals surface area contributed by atoms with Gasteiger partial charge in [0.2, 0.25) is 0 Å². The molecule has 0 N–H and O–H groups in total. The predicted octanol–water partition coefficient (Wildman–Crippen LogP) is 3.26. The van der Waals surface area contributed by atoms with Crippen molar-refractivity contribution in [2.75, 3.05) is 0 Å². The summed E-state index contributed by atoms with van der Waals surface area (Å²) in [5.41, 5.74) is 0. The number of carbonyl (C=O) groups is 1. The molecule has 3 nitrogen and oxygen atoms in total. The number of hydrogen-bond donors (Lipinski definition) is 0. The van der Waals surface area contributed by atoms with E-state index < -0.39 is 16.5 Å². The Hall–Kier alpha value is -0.136. The lowest BCUT2D eigenvalue weighted by Gasteiger charge is -2.46. The van der Waals surface area contributed by atoms with Crippen LogP contribution in [0.3, 0.4) is 0 Å². The summed E-state index contributed by atoms with van der Waals surface area (Å²) >= 11 is 0. The van der Waals surface area contributed by atoms with Gasteiger partial charge in [-0.2, -0.15) is 0 Å². The fraction of sp³-hybridized carbons (Fsp3) is 0.909. The lowest BCUT2D eigenvalue weighted by Crippen LogP contribution is -2.63. The van der Waals surface area contributed by atoms with E-state index in [1.807, 2.05) is 13.8 Å². The lowest BCUT2D eigenvalue weighted by atomic mass is 10.5. The van der Waals surface area contributed by atoms with Crippen LogP contribution in [-0.4, -0.2) is 32.9 Å². The smallest absolute Gasteiger partial charge is 0.307 e. The number of carbonyl (C=O) groups excluding carboxylic acids is 1. The third kappa shape index (κ3) is 4.80. The van der Waals surface area contributed by atoms with E-state index in [9.17, 15) is 4.79 Å². The maximum atomic E-state index is 11.4. The molecule has 16 heavy (non-hydrogen) atoms. The standard InChI is InChI=1S/C11H27NO2Si2/c1-9-11(13)14-10(2)12(15(3,4)5)16(6,7)8/h10H,9H2,1-8H3. The maximum absolute atomic E-state index is 11.4. The van der Waals surface area contributed by atoms with E-state index in [0.29, 0.717) is 6.42 Å².